The van der Waals surface area contributed by atoms with Gasteiger partial charge in [-0.05, 0) is 31.7 Å². The van der Waals surface area contributed by atoms with E-state index in [-0.39, 0.29) is 17.7 Å². The Labute approximate surface area is 149 Å². The van der Waals surface area contributed by atoms with Gasteiger partial charge in [-0.15, -0.1) is 0 Å². The van der Waals surface area contributed by atoms with Gasteiger partial charge in [-0.3, -0.25) is 19.5 Å². The van der Waals surface area contributed by atoms with Crippen LogP contribution in [0.2, 0.25) is 0 Å². The Bertz CT molecular complexity index is 872. The first-order valence-electron chi connectivity index (χ1n) is 8.74. The summed E-state index contributed by atoms with van der Waals surface area (Å²) in [6.07, 6.45) is 6.62. The Morgan fingerprint density at radius 3 is 2.88 bits per heavy atom. The number of nitrogens with zero attached hydrogens (tertiary/aromatic N) is 2. The largest absolute Gasteiger partial charge is 0.350 e. The van der Waals surface area contributed by atoms with Gasteiger partial charge >= 0.3 is 0 Å². The average molecular weight is 356 g/mol. The van der Waals surface area contributed by atoms with Gasteiger partial charge < -0.3 is 16.0 Å². The van der Waals surface area contributed by atoms with E-state index in [4.69, 9.17) is 0 Å². The van der Waals surface area contributed by atoms with Gasteiger partial charge in [0.25, 0.3) is 5.91 Å². The maximum absolute atomic E-state index is 12.6. The maximum Gasteiger partial charge on any atom is 0.252 e. The number of nitrogens with one attached hydrogen (secondary N) is 4. The Balaban J connectivity index is 1.40. The van der Waals surface area contributed by atoms with E-state index in [1.807, 2.05) is 0 Å². The molecular weight excluding hydrogens is 336 g/mol. The summed E-state index contributed by atoms with van der Waals surface area (Å²) in [5.41, 5.74) is 0.608. The highest BCUT2D eigenvalue weighted by molar-refractivity contribution is 6.05. The van der Waals surface area contributed by atoms with Crippen molar-refractivity contribution in [3.05, 3.63) is 24.0 Å². The predicted octanol–water partition coefficient (Wildman–Crippen LogP) is 0.00520. The van der Waals surface area contributed by atoms with Crippen LogP contribution in [0.25, 0.3) is 11.0 Å². The van der Waals surface area contributed by atoms with Crippen molar-refractivity contribution in [2.45, 2.75) is 43.7 Å². The first kappa shape index (κ1) is 16.5. The summed E-state index contributed by atoms with van der Waals surface area (Å²) in [6, 6.07) is 1.18. The molecule has 2 aromatic heterocycles. The summed E-state index contributed by atoms with van der Waals surface area (Å²) in [7, 11) is 0. The van der Waals surface area contributed by atoms with Crippen LogP contribution in [0.3, 0.4) is 0 Å². The molecule has 4 rings (SSSR count). The molecule has 0 aromatic carbocycles. The van der Waals surface area contributed by atoms with Gasteiger partial charge in [0.15, 0.2) is 5.65 Å². The molecule has 1 saturated carbocycles. The van der Waals surface area contributed by atoms with Crippen LogP contribution < -0.4 is 16.0 Å². The highest BCUT2D eigenvalue weighted by atomic mass is 16.2. The normalized spacial score (nSPS) is 21.1. The number of hydrogen-bond donors (Lipinski definition) is 4. The van der Waals surface area contributed by atoms with Crippen LogP contribution in [-0.4, -0.2) is 51.0 Å². The molecule has 1 aliphatic heterocycles. The van der Waals surface area contributed by atoms with Crippen LogP contribution >= 0.6 is 0 Å². The fourth-order valence-electron chi connectivity index (χ4n) is 3.50. The lowest BCUT2D eigenvalue weighted by Crippen LogP contribution is -2.62. The van der Waals surface area contributed by atoms with Gasteiger partial charge in [0.1, 0.15) is 6.04 Å². The predicted molar refractivity (Wildman–Crippen MR) is 92.1 cm³/mol. The van der Waals surface area contributed by atoms with E-state index in [1.165, 1.54) is 0 Å². The second-order valence-corrected chi connectivity index (χ2v) is 6.96. The Kier molecular flexibility index (Phi) is 4.06. The van der Waals surface area contributed by atoms with Crippen molar-refractivity contribution in [3.63, 3.8) is 0 Å². The molecule has 9 heteroatoms. The Hall–Kier alpha value is -2.97. The molecule has 136 valence electrons. The van der Waals surface area contributed by atoms with Gasteiger partial charge in [-0.2, -0.15) is 5.10 Å². The monoisotopic (exact) mass is 356 g/mol. The molecule has 1 saturated heterocycles. The number of rotatable bonds is 5. The molecule has 9 nitrogen and oxygen atoms in total. The fraction of sp³-hybridized carbons (Fsp3) is 0.471. The van der Waals surface area contributed by atoms with Crippen molar-refractivity contribution < 1.29 is 14.4 Å². The van der Waals surface area contributed by atoms with E-state index >= 15 is 0 Å². The van der Waals surface area contributed by atoms with E-state index in [2.05, 4.69) is 31.1 Å². The molecular formula is C17H20N6O3. The van der Waals surface area contributed by atoms with Crippen LogP contribution in [-0.2, 0) is 9.59 Å². The van der Waals surface area contributed by atoms with Crippen molar-refractivity contribution in [1.29, 1.82) is 0 Å². The molecule has 0 radical (unpaired) electrons. The highest BCUT2D eigenvalue weighted by Crippen LogP contribution is 2.31. The van der Waals surface area contributed by atoms with Crippen molar-refractivity contribution in [2.75, 3.05) is 6.54 Å². The fourth-order valence-corrected chi connectivity index (χ4v) is 3.50. The van der Waals surface area contributed by atoms with Crippen molar-refractivity contribution in [1.82, 2.24) is 31.1 Å². The van der Waals surface area contributed by atoms with Crippen LogP contribution in [0, 0.1) is 0 Å². The summed E-state index contributed by atoms with van der Waals surface area (Å²) in [6.45, 7) is 0.347. The van der Waals surface area contributed by atoms with Gasteiger partial charge in [0, 0.05) is 19.2 Å². The minimum absolute atomic E-state index is 0.0945. The minimum Gasteiger partial charge on any atom is -0.350 e. The zero-order chi connectivity index (χ0) is 18.1. The molecule has 2 aliphatic rings. The first-order chi connectivity index (χ1) is 12.6. The molecule has 2 aromatic rings. The number of pyridine rings is 1. The number of carbonyl (C=O) groups is 3. The third-order valence-electron chi connectivity index (χ3n) is 5.20. The number of carbonyl (C=O) groups excluding carboxylic acids is 3. The number of fused-ring (bicyclic) bond motifs is 1. The minimum atomic E-state index is -0.471. The molecule has 1 atom stereocenters. The van der Waals surface area contributed by atoms with Crippen molar-refractivity contribution in [3.8, 4) is 0 Å². The van der Waals surface area contributed by atoms with Gasteiger partial charge in [-0.1, -0.05) is 0 Å². The lowest BCUT2D eigenvalue weighted by atomic mass is 9.76. The Morgan fingerprint density at radius 1 is 1.35 bits per heavy atom. The van der Waals surface area contributed by atoms with E-state index in [0.29, 0.717) is 36.0 Å². The third-order valence-corrected chi connectivity index (χ3v) is 5.20. The topological polar surface area (TPSA) is 129 Å². The molecule has 3 heterocycles. The number of hydrogen-bond acceptors (Lipinski definition) is 5. The second kappa shape index (κ2) is 6.40. The zero-order valence-electron chi connectivity index (χ0n) is 14.2. The van der Waals surface area contributed by atoms with E-state index in [0.717, 1.165) is 19.3 Å². The van der Waals surface area contributed by atoms with Gasteiger partial charge in [0.05, 0.1) is 22.7 Å². The molecule has 0 spiro atoms. The standard InChI is InChI=1S/C17H20N6O3/c24-13-3-2-12(21-13)16(26)22-17(5-1-6-17)9-19-15(25)10-4-7-18-14-11(10)8-20-23-14/h4,7-8,12H,1-3,5-6,9H2,(H,19,25)(H,21,24)(H,22,26)(H,18,20,23)/t12-/m1/s1. The number of aromatic nitrogens is 3. The third kappa shape index (κ3) is 3.00. The lowest BCUT2D eigenvalue weighted by molar-refractivity contribution is -0.128. The SMILES string of the molecule is O=C1CC[C@H](C(=O)NC2(CNC(=O)c3ccnc4[nH]ncc34)CCC2)N1. The second-order valence-electron chi connectivity index (χ2n) is 6.96. The van der Waals surface area contributed by atoms with Crippen LogP contribution in [0.4, 0.5) is 0 Å². The summed E-state index contributed by atoms with van der Waals surface area (Å²) in [5.74, 6) is -0.498. The Morgan fingerprint density at radius 2 is 2.19 bits per heavy atom. The average Bonchev–Trinajstić information content (AvgIpc) is 3.25. The van der Waals surface area contributed by atoms with Crippen LogP contribution in [0.1, 0.15) is 42.5 Å². The maximum atomic E-state index is 12.6. The molecule has 26 heavy (non-hydrogen) atoms. The number of aromatic amines is 1. The van der Waals surface area contributed by atoms with E-state index in [9.17, 15) is 14.4 Å². The van der Waals surface area contributed by atoms with Gasteiger partial charge in [-0.25, -0.2) is 4.98 Å². The number of H-pyrrole nitrogens is 1. The molecule has 2 fully saturated rings. The summed E-state index contributed by atoms with van der Waals surface area (Å²) < 4.78 is 0. The summed E-state index contributed by atoms with van der Waals surface area (Å²) in [4.78, 5) is 40.4. The van der Waals surface area contributed by atoms with E-state index in [1.54, 1.807) is 18.5 Å². The van der Waals surface area contributed by atoms with Gasteiger partial charge in [0.2, 0.25) is 11.8 Å². The quantitative estimate of drug-likeness (QED) is 0.600. The summed E-state index contributed by atoms with van der Waals surface area (Å²) in [5, 5.41) is 15.9. The van der Waals surface area contributed by atoms with Crippen molar-refractivity contribution in [2.24, 2.45) is 0 Å². The highest BCUT2D eigenvalue weighted by Gasteiger charge is 2.41. The van der Waals surface area contributed by atoms with Crippen LogP contribution in [0.5, 0.6) is 0 Å². The smallest absolute Gasteiger partial charge is 0.252 e. The van der Waals surface area contributed by atoms with Crippen molar-refractivity contribution >= 4 is 28.8 Å². The molecule has 3 amide bonds. The molecule has 4 N–H and O–H groups in total. The molecule has 0 bridgehead atoms. The lowest BCUT2D eigenvalue weighted by Gasteiger charge is -2.43. The summed E-state index contributed by atoms with van der Waals surface area (Å²) >= 11 is 0. The number of amides is 3. The van der Waals surface area contributed by atoms with Crippen LogP contribution in [0.15, 0.2) is 18.5 Å². The van der Waals surface area contributed by atoms with E-state index < -0.39 is 11.6 Å². The molecule has 0 unspecified atom stereocenters. The molecule has 1 aliphatic carbocycles. The first-order valence-corrected chi connectivity index (χ1v) is 8.74. The zero-order valence-corrected chi connectivity index (χ0v) is 14.2.